The number of carbonyl (C=O) groups is 4. The Morgan fingerprint density at radius 2 is 1.95 bits per heavy atom. The quantitative estimate of drug-likeness (QED) is 0.179. The summed E-state index contributed by atoms with van der Waals surface area (Å²) in [5, 5.41) is 20.9. The zero-order chi connectivity index (χ0) is 29.3. The standard InChI is InChI=1S/C28H37NO11/c1-4-37-25(34)40-28(22(32)16-38-23(33)6-5-13-39-29(35)36)12-10-20-19-8-7-17-14-18(30)9-11-26(17,2)24(19)21(31)15-27(20,28)3/h9,11,14,19-21,24,31H,4-8,10,12-13,15-16H2,1-3H3/t19?,20?,21-,24?,26-,27-,28-/m0/s1. The molecule has 0 aromatic carbocycles. The molecule has 12 nitrogen and oxygen atoms in total. The van der Waals surface area contributed by atoms with E-state index in [1.165, 1.54) is 0 Å². The fourth-order valence-electron chi connectivity index (χ4n) is 7.98. The molecule has 4 aliphatic carbocycles. The van der Waals surface area contributed by atoms with E-state index in [4.69, 9.17) is 14.2 Å². The number of aliphatic hydroxyl groups excluding tert-OH is 1. The fraction of sp³-hybridized carbons (Fsp3) is 0.714. The van der Waals surface area contributed by atoms with Crippen molar-refractivity contribution in [2.24, 2.45) is 28.6 Å². The Morgan fingerprint density at radius 3 is 2.65 bits per heavy atom. The Kier molecular flexibility index (Phi) is 8.39. The molecule has 4 rings (SSSR count). The Labute approximate surface area is 232 Å². The second-order valence-corrected chi connectivity index (χ2v) is 11.6. The smallest absolute Gasteiger partial charge is 0.457 e. The summed E-state index contributed by atoms with van der Waals surface area (Å²) in [6.07, 6.45) is 5.40. The van der Waals surface area contributed by atoms with E-state index in [9.17, 15) is 34.4 Å². The molecule has 0 amide bonds. The number of ketones is 2. The van der Waals surface area contributed by atoms with Crippen molar-refractivity contribution in [3.63, 3.8) is 0 Å². The molecule has 0 spiro atoms. The maximum Gasteiger partial charge on any atom is 0.509 e. The first-order valence-corrected chi connectivity index (χ1v) is 13.8. The Morgan fingerprint density at radius 1 is 1.20 bits per heavy atom. The molecule has 12 heteroatoms. The van der Waals surface area contributed by atoms with Crippen LogP contribution >= 0.6 is 0 Å². The van der Waals surface area contributed by atoms with Crippen LogP contribution in [0.1, 0.15) is 65.7 Å². The highest BCUT2D eigenvalue weighted by Gasteiger charge is 2.70. The van der Waals surface area contributed by atoms with Crippen LogP contribution in [-0.4, -0.2) is 65.4 Å². The van der Waals surface area contributed by atoms with Crippen molar-refractivity contribution in [1.82, 2.24) is 0 Å². The number of nitrogens with zero attached hydrogens (tertiary/aromatic N) is 1. The maximum atomic E-state index is 13.8. The van der Waals surface area contributed by atoms with Gasteiger partial charge < -0.3 is 24.2 Å². The molecule has 0 heterocycles. The Bertz CT molecular complexity index is 1130. The Hall–Kier alpha value is -3.28. The third-order valence-electron chi connectivity index (χ3n) is 9.67. The third-order valence-corrected chi connectivity index (χ3v) is 9.67. The number of esters is 1. The van der Waals surface area contributed by atoms with Gasteiger partial charge in [-0.3, -0.25) is 14.4 Å². The largest absolute Gasteiger partial charge is 0.509 e. The summed E-state index contributed by atoms with van der Waals surface area (Å²) >= 11 is 0. The number of rotatable bonds is 10. The van der Waals surface area contributed by atoms with Crippen LogP contribution in [0.4, 0.5) is 4.79 Å². The van der Waals surface area contributed by atoms with Gasteiger partial charge in [0.25, 0.3) is 5.09 Å². The highest BCUT2D eigenvalue weighted by Crippen LogP contribution is 2.68. The summed E-state index contributed by atoms with van der Waals surface area (Å²) in [6, 6.07) is 0. The van der Waals surface area contributed by atoms with Gasteiger partial charge >= 0.3 is 12.1 Å². The molecule has 0 saturated heterocycles. The summed E-state index contributed by atoms with van der Waals surface area (Å²) in [7, 11) is 0. The predicted octanol–water partition coefficient (Wildman–Crippen LogP) is 3.28. The summed E-state index contributed by atoms with van der Waals surface area (Å²) in [4.78, 5) is 65.2. The van der Waals surface area contributed by atoms with Gasteiger partial charge in [0.05, 0.1) is 19.3 Å². The molecule has 4 aliphatic rings. The van der Waals surface area contributed by atoms with Crippen LogP contribution in [0.15, 0.2) is 23.8 Å². The number of hydrogen-bond acceptors (Lipinski definition) is 11. The van der Waals surface area contributed by atoms with Gasteiger partial charge in [0.15, 0.2) is 18.0 Å². The van der Waals surface area contributed by atoms with E-state index in [2.05, 4.69) is 4.84 Å². The molecule has 220 valence electrons. The van der Waals surface area contributed by atoms with Crippen molar-refractivity contribution in [3.05, 3.63) is 33.9 Å². The average Bonchev–Trinajstić information content (AvgIpc) is 3.17. The highest BCUT2D eigenvalue weighted by molar-refractivity contribution is 6.01. The van der Waals surface area contributed by atoms with Crippen LogP contribution in [0.25, 0.3) is 0 Å². The summed E-state index contributed by atoms with van der Waals surface area (Å²) in [6.45, 7) is 4.61. The minimum absolute atomic E-state index is 0.00151. The normalized spacial score (nSPS) is 35.9. The predicted molar refractivity (Wildman–Crippen MR) is 137 cm³/mol. The first kappa shape index (κ1) is 29.7. The minimum atomic E-state index is -1.68. The Balaban J connectivity index is 1.57. The topological polar surface area (TPSA) is 169 Å². The lowest BCUT2D eigenvalue weighted by Crippen LogP contribution is -2.63. The van der Waals surface area contributed by atoms with Gasteiger partial charge in [-0.15, -0.1) is 10.1 Å². The molecular formula is C28H37NO11. The lowest BCUT2D eigenvalue weighted by molar-refractivity contribution is -0.757. The zero-order valence-electron chi connectivity index (χ0n) is 23.1. The van der Waals surface area contributed by atoms with Crippen LogP contribution in [0.5, 0.6) is 0 Å². The molecule has 0 aliphatic heterocycles. The van der Waals surface area contributed by atoms with Gasteiger partial charge in [-0.2, -0.15) is 0 Å². The van der Waals surface area contributed by atoms with Crippen molar-refractivity contribution in [1.29, 1.82) is 0 Å². The molecule has 0 bridgehead atoms. The van der Waals surface area contributed by atoms with E-state index in [-0.39, 0.29) is 62.4 Å². The summed E-state index contributed by atoms with van der Waals surface area (Å²) in [5.74, 6) is -1.67. The molecule has 1 N–H and O–H groups in total. The van der Waals surface area contributed by atoms with E-state index in [0.29, 0.717) is 12.8 Å². The molecule has 3 fully saturated rings. The SMILES string of the molecule is CCOC(=O)O[C@]1(C(=O)COC(=O)CCCO[N+](=O)[O-])CCC2C3CCC4=CC(=O)C=C[C@]4(C)C3[C@@H](O)C[C@@]21C. The number of ether oxygens (including phenoxy) is 3. The van der Waals surface area contributed by atoms with Crippen LogP contribution in [0, 0.1) is 38.7 Å². The number of fused-ring (bicyclic) bond motifs is 5. The van der Waals surface area contributed by atoms with E-state index in [1.54, 1.807) is 19.1 Å². The number of carbonyl (C=O) groups excluding carboxylic acids is 4. The summed E-state index contributed by atoms with van der Waals surface area (Å²) in [5.41, 5.74) is -2.14. The average molecular weight is 564 g/mol. The van der Waals surface area contributed by atoms with E-state index in [1.807, 2.05) is 19.9 Å². The molecule has 3 unspecified atom stereocenters. The van der Waals surface area contributed by atoms with E-state index in [0.717, 1.165) is 12.0 Å². The monoisotopic (exact) mass is 563 g/mol. The number of aliphatic hydroxyl groups is 1. The molecule has 0 radical (unpaired) electrons. The highest BCUT2D eigenvalue weighted by atomic mass is 16.9. The van der Waals surface area contributed by atoms with E-state index < -0.39 is 52.1 Å². The zero-order valence-corrected chi connectivity index (χ0v) is 23.1. The second kappa shape index (κ2) is 11.3. The molecule has 0 aromatic heterocycles. The van der Waals surface area contributed by atoms with Gasteiger partial charge in [-0.25, -0.2) is 4.79 Å². The van der Waals surface area contributed by atoms with Gasteiger partial charge in [0.2, 0.25) is 5.78 Å². The van der Waals surface area contributed by atoms with E-state index >= 15 is 0 Å². The number of hydrogen-bond donors (Lipinski definition) is 1. The number of allylic oxidation sites excluding steroid dienone is 4. The first-order valence-electron chi connectivity index (χ1n) is 13.8. The van der Waals surface area contributed by atoms with Crippen molar-refractivity contribution in [2.45, 2.75) is 77.4 Å². The molecule has 0 aromatic rings. The van der Waals surface area contributed by atoms with Crippen LogP contribution in [0.3, 0.4) is 0 Å². The molecular weight excluding hydrogens is 526 g/mol. The number of Topliss-reactive ketones (excluding diaryl/α,β-unsaturated/α-hetero) is 1. The third kappa shape index (κ3) is 5.13. The first-order chi connectivity index (χ1) is 18.9. The molecule has 3 saturated carbocycles. The van der Waals surface area contributed by atoms with Crippen LogP contribution in [0.2, 0.25) is 0 Å². The lowest BCUT2D eigenvalue weighted by Gasteiger charge is -2.59. The van der Waals surface area contributed by atoms with Gasteiger partial charge in [-0.05, 0) is 69.4 Å². The van der Waals surface area contributed by atoms with Gasteiger partial charge in [0.1, 0.15) is 0 Å². The second-order valence-electron chi connectivity index (χ2n) is 11.6. The van der Waals surface area contributed by atoms with Crippen LogP contribution < -0.4 is 0 Å². The molecule has 40 heavy (non-hydrogen) atoms. The maximum absolute atomic E-state index is 13.8. The summed E-state index contributed by atoms with van der Waals surface area (Å²) < 4.78 is 16.1. The lowest BCUT2D eigenvalue weighted by atomic mass is 9.46. The van der Waals surface area contributed by atoms with Crippen molar-refractivity contribution in [3.8, 4) is 0 Å². The van der Waals surface area contributed by atoms with Crippen molar-refractivity contribution < 1.29 is 48.4 Å². The molecule has 7 atom stereocenters. The van der Waals surface area contributed by atoms with Crippen molar-refractivity contribution >= 4 is 23.7 Å². The van der Waals surface area contributed by atoms with Gasteiger partial charge in [0, 0.05) is 23.2 Å². The van der Waals surface area contributed by atoms with Crippen molar-refractivity contribution in [2.75, 3.05) is 19.8 Å². The van der Waals surface area contributed by atoms with Crippen LogP contribution in [-0.2, 0) is 33.4 Å². The van der Waals surface area contributed by atoms with Gasteiger partial charge in [-0.1, -0.05) is 25.5 Å². The fourth-order valence-corrected chi connectivity index (χ4v) is 7.98. The minimum Gasteiger partial charge on any atom is -0.457 e.